The Morgan fingerprint density at radius 1 is 1.43 bits per heavy atom. The Hall–Kier alpha value is -1.39. The standard InChI is InChI=1S/C17H24N2O2/c1-12-6-4-5-7-14(12)15-18-17(9-10-17)16(20)19(15)13(2)8-11-21-3/h4-7,13,15,18H,8-11H2,1-3H3. The molecule has 1 amide bonds. The van der Waals surface area contributed by atoms with E-state index in [1.807, 2.05) is 17.0 Å². The summed E-state index contributed by atoms with van der Waals surface area (Å²) in [5, 5.41) is 3.59. The molecule has 1 spiro atoms. The molecule has 2 aliphatic rings. The summed E-state index contributed by atoms with van der Waals surface area (Å²) in [5.41, 5.74) is 2.15. The smallest absolute Gasteiger partial charge is 0.244 e. The molecule has 2 atom stereocenters. The van der Waals surface area contributed by atoms with Gasteiger partial charge >= 0.3 is 0 Å². The molecular weight excluding hydrogens is 264 g/mol. The third-order valence-corrected chi connectivity index (χ3v) is 4.78. The zero-order chi connectivity index (χ0) is 15.0. The first-order valence-electron chi connectivity index (χ1n) is 7.74. The second-order valence-electron chi connectivity index (χ2n) is 6.33. The third kappa shape index (κ3) is 2.47. The molecule has 1 aliphatic heterocycles. The molecule has 4 heteroatoms. The highest BCUT2D eigenvalue weighted by molar-refractivity contribution is 5.92. The van der Waals surface area contributed by atoms with Crippen LogP contribution in [0, 0.1) is 6.92 Å². The van der Waals surface area contributed by atoms with Gasteiger partial charge in [-0.25, -0.2) is 0 Å². The molecule has 0 radical (unpaired) electrons. The predicted octanol–water partition coefficient (Wildman–Crippen LogP) is 2.38. The lowest BCUT2D eigenvalue weighted by Gasteiger charge is -2.31. The van der Waals surface area contributed by atoms with Crippen molar-refractivity contribution >= 4 is 5.91 Å². The van der Waals surface area contributed by atoms with E-state index in [4.69, 9.17) is 4.74 Å². The van der Waals surface area contributed by atoms with E-state index in [0.29, 0.717) is 6.61 Å². The summed E-state index contributed by atoms with van der Waals surface area (Å²) in [6.07, 6.45) is 2.78. The topological polar surface area (TPSA) is 41.6 Å². The SMILES string of the molecule is COCCC(C)N1C(=O)C2(CC2)NC1c1ccccc1C. The zero-order valence-electron chi connectivity index (χ0n) is 13.1. The summed E-state index contributed by atoms with van der Waals surface area (Å²) in [4.78, 5) is 14.8. The number of carbonyl (C=O) groups excluding carboxylic acids is 1. The van der Waals surface area contributed by atoms with Crippen LogP contribution < -0.4 is 5.32 Å². The number of rotatable bonds is 5. The summed E-state index contributed by atoms with van der Waals surface area (Å²) in [6.45, 7) is 4.90. The average Bonchev–Trinajstić information content (AvgIpc) is 3.19. The van der Waals surface area contributed by atoms with E-state index in [1.54, 1.807) is 7.11 Å². The Labute approximate surface area is 126 Å². The molecule has 4 nitrogen and oxygen atoms in total. The van der Waals surface area contributed by atoms with Crippen molar-refractivity contribution < 1.29 is 9.53 Å². The number of ether oxygens (including phenoxy) is 1. The molecule has 1 N–H and O–H groups in total. The lowest BCUT2D eigenvalue weighted by molar-refractivity contribution is -0.133. The van der Waals surface area contributed by atoms with Crippen molar-refractivity contribution in [2.45, 2.75) is 50.9 Å². The largest absolute Gasteiger partial charge is 0.385 e. The van der Waals surface area contributed by atoms with Gasteiger partial charge in [-0.1, -0.05) is 24.3 Å². The summed E-state index contributed by atoms with van der Waals surface area (Å²) < 4.78 is 5.18. The van der Waals surface area contributed by atoms with Gasteiger partial charge in [-0.2, -0.15) is 0 Å². The van der Waals surface area contributed by atoms with Gasteiger partial charge in [0.05, 0.1) is 0 Å². The Bertz CT molecular complexity index is 539. The fourth-order valence-electron chi connectivity index (χ4n) is 3.24. The highest BCUT2D eigenvalue weighted by Crippen LogP contribution is 2.47. The molecular formula is C17H24N2O2. The maximum atomic E-state index is 12.8. The monoisotopic (exact) mass is 288 g/mol. The molecule has 1 heterocycles. The fourth-order valence-corrected chi connectivity index (χ4v) is 3.24. The molecule has 3 rings (SSSR count). The molecule has 0 bridgehead atoms. The van der Waals surface area contributed by atoms with E-state index in [0.717, 1.165) is 19.3 Å². The molecule has 1 saturated heterocycles. The molecule has 2 fully saturated rings. The molecule has 21 heavy (non-hydrogen) atoms. The third-order valence-electron chi connectivity index (χ3n) is 4.78. The molecule has 114 valence electrons. The number of hydrogen-bond donors (Lipinski definition) is 1. The number of benzene rings is 1. The van der Waals surface area contributed by atoms with E-state index >= 15 is 0 Å². The van der Waals surface area contributed by atoms with Crippen LogP contribution in [-0.4, -0.2) is 36.1 Å². The number of aryl methyl sites for hydroxylation is 1. The Morgan fingerprint density at radius 3 is 2.76 bits per heavy atom. The average molecular weight is 288 g/mol. The van der Waals surface area contributed by atoms with Crippen LogP contribution in [0.15, 0.2) is 24.3 Å². The minimum Gasteiger partial charge on any atom is -0.385 e. The molecule has 1 saturated carbocycles. The van der Waals surface area contributed by atoms with Gasteiger partial charge in [0.1, 0.15) is 11.7 Å². The number of nitrogens with one attached hydrogen (secondary N) is 1. The van der Waals surface area contributed by atoms with Crippen molar-refractivity contribution in [3.63, 3.8) is 0 Å². The highest BCUT2D eigenvalue weighted by Gasteiger charge is 2.60. The first-order valence-corrected chi connectivity index (χ1v) is 7.74. The highest BCUT2D eigenvalue weighted by atomic mass is 16.5. The van der Waals surface area contributed by atoms with Gasteiger partial charge in [0.15, 0.2) is 0 Å². The van der Waals surface area contributed by atoms with Crippen molar-refractivity contribution in [3.8, 4) is 0 Å². The van der Waals surface area contributed by atoms with Crippen LogP contribution >= 0.6 is 0 Å². The van der Waals surface area contributed by atoms with E-state index in [9.17, 15) is 4.79 Å². The van der Waals surface area contributed by atoms with Crippen molar-refractivity contribution in [1.82, 2.24) is 10.2 Å². The van der Waals surface area contributed by atoms with Gasteiger partial charge in [-0.05, 0) is 44.2 Å². The summed E-state index contributed by atoms with van der Waals surface area (Å²) in [5.74, 6) is 0.263. The lowest BCUT2D eigenvalue weighted by atomic mass is 10.0. The van der Waals surface area contributed by atoms with E-state index in [2.05, 4.69) is 31.3 Å². The Kier molecular flexibility index (Phi) is 3.76. The van der Waals surface area contributed by atoms with Crippen molar-refractivity contribution in [3.05, 3.63) is 35.4 Å². The van der Waals surface area contributed by atoms with E-state index in [1.165, 1.54) is 11.1 Å². The normalized spacial score (nSPS) is 24.6. The van der Waals surface area contributed by atoms with Gasteiger partial charge in [0.25, 0.3) is 0 Å². The van der Waals surface area contributed by atoms with Gasteiger partial charge in [0, 0.05) is 19.8 Å². The van der Waals surface area contributed by atoms with Gasteiger partial charge in [-0.15, -0.1) is 0 Å². The summed E-state index contributed by atoms with van der Waals surface area (Å²) >= 11 is 0. The van der Waals surface area contributed by atoms with Crippen LogP contribution in [0.4, 0.5) is 0 Å². The van der Waals surface area contributed by atoms with Crippen LogP contribution in [0.2, 0.25) is 0 Å². The number of carbonyl (C=O) groups is 1. The molecule has 1 aliphatic carbocycles. The second-order valence-corrected chi connectivity index (χ2v) is 6.33. The van der Waals surface area contributed by atoms with Crippen molar-refractivity contribution in [2.75, 3.05) is 13.7 Å². The zero-order valence-corrected chi connectivity index (χ0v) is 13.1. The fraction of sp³-hybridized carbons (Fsp3) is 0.588. The molecule has 2 unspecified atom stereocenters. The van der Waals surface area contributed by atoms with Crippen LogP contribution in [0.3, 0.4) is 0 Å². The first kappa shape index (κ1) is 14.5. The number of nitrogens with zero attached hydrogens (tertiary/aromatic N) is 1. The van der Waals surface area contributed by atoms with E-state index in [-0.39, 0.29) is 23.7 Å². The summed E-state index contributed by atoms with van der Waals surface area (Å²) in [6, 6.07) is 8.50. The Morgan fingerprint density at radius 2 is 2.14 bits per heavy atom. The van der Waals surface area contributed by atoms with Gasteiger partial charge in [0.2, 0.25) is 5.91 Å². The second kappa shape index (κ2) is 5.43. The van der Waals surface area contributed by atoms with Gasteiger partial charge in [-0.3, -0.25) is 10.1 Å². The minimum absolute atomic E-state index is 0.00643. The van der Waals surface area contributed by atoms with Crippen LogP contribution in [0.5, 0.6) is 0 Å². The number of amides is 1. The van der Waals surface area contributed by atoms with Crippen LogP contribution in [-0.2, 0) is 9.53 Å². The maximum absolute atomic E-state index is 12.8. The maximum Gasteiger partial charge on any atom is 0.244 e. The molecule has 1 aromatic rings. The predicted molar refractivity (Wildman–Crippen MR) is 81.8 cm³/mol. The van der Waals surface area contributed by atoms with Crippen molar-refractivity contribution in [2.24, 2.45) is 0 Å². The molecule has 1 aromatic carbocycles. The van der Waals surface area contributed by atoms with E-state index < -0.39 is 0 Å². The van der Waals surface area contributed by atoms with Crippen LogP contribution in [0.1, 0.15) is 43.5 Å². The number of hydrogen-bond acceptors (Lipinski definition) is 3. The first-order chi connectivity index (χ1) is 10.1. The lowest BCUT2D eigenvalue weighted by Crippen LogP contribution is -2.39. The Balaban J connectivity index is 1.90. The quantitative estimate of drug-likeness (QED) is 0.904. The van der Waals surface area contributed by atoms with Crippen LogP contribution in [0.25, 0.3) is 0 Å². The number of methoxy groups -OCH3 is 1. The summed E-state index contributed by atoms with van der Waals surface area (Å²) in [7, 11) is 1.71. The minimum atomic E-state index is -0.283. The van der Waals surface area contributed by atoms with Gasteiger partial charge < -0.3 is 9.64 Å². The molecule has 0 aromatic heterocycles. The van der Waals surface area contributed by atoms with Crippen molar-refractivity contribution in [1.29, 1.82) is 0 Å².